The molecule has 0 saturated carbocycles. The zero-order chi connectivity index (χ0) is 18.4. The van der Waals surface area contributed by atoms with Gasteiger partial charge in [-0.1, -0.05) is 24.3 Å². The summed E-state index contributed by atoms with van der Waals surface area (Å²) < 4.78 is 27.1. The first kappa shape index (κ1) is 21.3. The van der Waals surface area contributed by atoms with E-state index in [2.05, 4.69) is 10.6 Å². The number of nitrogens with one attached hydrogen (secondary N) is 2. The number of carbonyl (C=O) groups excluding carboxylic acids is 1. The molecule has 1 fully saturated rings. The molecule has 3 nitrogen and oxygen atoms in total. The van der Waals surface area contributed by atoms with Crippen LogP contribution in [0.5, 0.6) is 0 Å². The van der Waals surface area contributed by atoms with Crippen LogP contribution in [0.2, 0.25) is 0 Å². The maximum atomic E-state index is 13.6. The predicted octanol–water partition coefficient (Wildman–Crippen LogP) is 4.18. The Kier molecular flexibility index (Phi) is 8.20. The summed E-state index contributed by atoms with van der Waals surface area (Å²) in [5.41, 5.74) is 1.45. The van der Waals surface area contributed by atoms with Crippen LogP contribution >= 0.6 is 12.4 Å². The summed E-state index contributed by atoms with van der Waals surface area (Å²) in [5.74, 6) is -0.183. The summed E-state index contributed by atoms with van der Waals surface area (Å²) in [6.07, 6.45) is 2.80. The third kappa shape index (κ3) is 6.60. The highest BCUT2D eigenvalue weighted by atomic mass is 35.5. The predicted molar refractivity (Wildman–Crippen MR) is 105 cm³/mol. The van der Waals surface area contributed by atoms with Gasteiger partial charge < -0.3 is 10.6 Å². The highest BCUT2D eigenvalue weighted by Crippen LogP contribution is 2.21. The number of rotatable bonds is 7. The van der Waals surface area contributed by atoms with Gasteiger partial charge in [-0.3, -0.25) is 4.79 Å². The number of halogens is 3. The van der Waals surface area contributed by atoms with Gasteiger partial charge in [0, 0.05) is 6.42 Å². The molecule has 2 N–H and O–H groups in total. The van der Waals surface area contributed by atoms with Gasteiger partial charge in [0.15, 0.2) is 0 Å². The van der Waals surface area contributed by atoms with Crippen LogP contribution in [0.1, 0.15) is 36.4 Å². The SMILES string of the molecule is Cl.O=C(CCC1CCNC1)NC(Cc1cccc(F)c1)c1cccc(F)c1. The average molecular weight is 395 g/mol. The van der Waals surface area contributed by atoms with E-state index in [0.717, 1.165) is 31.5 Å². The lowest BCUT2D eigenvalue weighted by molar-refractivity contribution is -0.122. The van der Waals surface area contributed by atoms with E-state index in [1.807, 2.05) is 6.07 Å². The van der Waals surface area contributed by atoms with E-state index in [1.54, 1.807) is 18.2 Å². The van der Waals surface area contributed by atoms with Crippen LogP contribution in [0.25, 0.3) is 0 Å². The van der Waals surface area contributed by atoms with Crippen molar-refractivity contribution in [2.24, 2.45) is 5.92 Å². The molecule has 1 saturated heterocycles. The molecule has 1 amide bonds. The molecule has 2 aromatic carbocycles. The average Bonchev–Trinajstić information content (AvgIpc) is 3.13. The summed E-state index contributed by atoms with van der Waals surface area (Å²) in [5, 5.41) is 6.30. The van der Waals surface area contributed by atoms with Gasteiger partial charge in [-0.2, -0.15) is 0 Å². The first-order valence-electron chi connectivity index (χ1n) is 9.10. The highest BCUT2D eigenvalue weighted by Gasteiger charge is 2.19. The van der Waals surface area contributed by atoms with E-state index >= 15 is 0 Å². The fraction of sp³-hybridized carbons (Fsp3) is 0.381. The van der Waals surface area contributed by atoms with Crippen LogP contribution in [0.15, 0.2) is 48.5 Å². The third-order valence-electron chi connectivity index (χ3n) is 4.86. The van der Waals surface area contributed by atoms with Crippen LogP contribution in [0.3, 0.4) is 0 Å². The Morgan fingerprint density at radius 3 is 2.56 bits per heavy atom. The second-order valence-electron chi connectivity index (χ2n) is 6.91. The molecule has 2 aromatic rings. The molecule has 1 heterocycles. The summed E-state index contributed by atoms with van der Waals surface area (Å²) in [7, 11) is 0. The second kappa shape index (κ2) is 10.4. The summed E-state index contributed by atoms with van der Waals surface area (Å²) >= 11 is 0. The van der Waals surface area contributed by atoms with Crippen LogP contribution < -0.4 is 10.6 Å². The largest absolute Gasteiger partial charge is 0.349 e. The maximum Gasteiger partial charge on any atom is 0.220 e. The number of amides is 1. The van der Waals surface area contributed by atoms with Crippen molar-refractivity contribution >= 4 is 18.3 Å². The Bertz CT molecular complexity index is 750. The van der Waals surface area contributed by atoms with Gasteiger partial charge in [0.05, 0.1) is 6.04 Å². The van der Waals surface area contributed by atoms with E-state index in [4.69, 9.17) is 0 Å². The fourth-order valence-electron chi connectivity index (χ4n) is 3.44. The number of benzene rings is 2. The van der Waals surface area contributed by atoms with Crippen molar-refractivity contribution < 1.29 is 13.6 Å². The lowest BCUT2D eigenvalue weighted by Gasteiger charge is -2.20. The van der Waals surface area contributed by atoms with Gasteiger partial charge in [0.2, 0.25) is 5.91 Å². The van der Waals surface area contributed by atoms with Crippen molar-refractivity contribution in [3.05, 3.63) is 71.3 Å². The number of hydrogen-bond donors (Lipinski definition) is 2. The smallest absolute Gasteiger partial charge is 0.220 e. The van der Waals surface area contributed by atoms with E-state index in [-0.39, 0.29) is 36.0 Å². The molecule has 1 aliphatic rings. The van der Waals surface area contributed by atoms with Gasteiger partial charge in [0.1, 0.15) is 11.6 Å². The van der Waals surface area contributed by atoms with Gasteiger partial charge in [0.25, 0.3) is 0 Å². The topological polar surface area (TPSA) is 41.1 Å². The fourth-order valence-corrected chi connectivity index (χ4v) is 3.44. The van der Waals surface area contributed by atoms with Crippen LogP contribution in [0, 0.1) is 17.6 Å². The molecule has 27 heavy (non-hydrogen) atoms. The lowest BCUT2D eigenvalue weighted by atomic mass is 9.97. The maximum absolute atomic E-state index is 13.6. The summed E-state index contributed by atoms with van der Waals surface area (Å²) in [6, 6.07) is 12.1. The number of hydrogen-bond acceptors (Lipinski definition) is 2. The number of carbonyl (C=O) groups is 1. The molecule has 0 aliphatic carbocycles. The molecule has 0 bridgehead atoms. The molecule has 146 valence electrons. The molecule has 0 spiro atoms. The lowest BCUT2D eigenvalue weighted by Crippen LogP contribution is -2.30. The van der Waals surface area contributed by atoms with E-state index in [0.29, 0.717) is 24.3 Å². The Hall–Kier alpha value is -1.98. The van der Waals surface area contributed by atoms with E-state index < -0.39 is 0 Å². The third-order valence-corrected chi connectivity index (χ3v) is 4.86. The van der Waals surface area contributed by atoms with Crippen molar-refractivity contribution in [3.63, 3.8) is 0 Å². The molecule has 1 aliphatic heterocycles. The molecule has 0 radical (unpaired) electrons. The van der Waals surface area contributed by atoms with E-state index in [9.17, 15) is 13.6 Å². The quantitative estimate of drug-likeness (QED) is 0.739. The summed E-state index contributed by atoms with van der Waals surface area (Å²) in [4.78, 5) is 12.4. The van der Waals surface area contributed by atoms with Crippen LogP contribution in [-0.4, -0.2) is 19.0 Å². The molecular formula is C21H25ClF2N2O. The molecule has 3 rings (SSSR count). The van der Waals surface area contributed by atoms with Crippen LogP contribution in [0.4, 0.5) is 8.78 Å². The molecular weight excluding hydrogens is 370 g/mol. The Morgan fingerprint density at radius 2 is 1.89 bits per heavy atom. The van der Waals surface area contributed by atoms with Gasteiger partial charge >= 0.3 is 0 Å². The first-order chi connectivity index (χ1) is 12.6. The standard InChI is InChI=1S/C21H24F2N2O.ClH/c22-18-5-1-3-16(11-18)12-20(17-4-2-6-19(23)13-17)25-21(26)8-7-15-9-10-24-14-15;/h1-6,11,13,15,20,24H,7-10,12,14H2,(H,25,26);1H. The normalized spacial score (nSPS) is 17.2. The van der Waals surface area contributed by atoms with Gasteiger partial charge in [-0.25, -0.2) is 8.78 Å². The molecule has 2 unspecified atom stereocenters. The van der Waals surface area contributed by atoms with Crippen molar-refractivity contribution in [2.45, 2.75) is 31.7 Å². The van der Waals surface area contributed by atoms with Crippen molar-refractivity contribution in [1.82, 2.24) is 10.6 Å². The molecule has 2 atom stereocenters. The minimum atomic E-state index is -0.387. The van der Waals surface area contributed by atoms with Crippen molar-refractivity contribution in [3.8, 4) is 0 Å². The Labute approximate surface area is 165 Å². The minimum Gasteiger partial charge on any atom is -0.349 e. The Balaban J connectivity index is 0.00000261. The van der Waals surface area contributed by atoms with Crippen molar-refractivity contribution in [2.75, 3.05) is 13.1 Å². The highest BCUT2D eigenvalue weighted by molar-refractivity contribution is 5.85. The zero-order valence-electron chi connectivity index (χ0n) is 15.1. The van der Waals surface area contributed by atoms with E-state index in [1.165, 1.54) is 24.3 Å². The Morgan fingerprint density at radius 1 is 1.15 bits per heavy atom. The summed E-state index contributed by atoms with van der Waals surface area (Å²) in [6.45, 7) is 1.97. The molecule has 0 aromatic heterocycles. The minimum absolute atomic E-state index is 0. The zero-order valence-corrected chi connectivity index (χ0v) is 15.9. The first-order valence-corrected chi connectivity index (χ1v) is 9.10. The van der Waals surface area contributed by atoms with Gasteiger partial charge in [-0.05, 0) is 73.7 Å². The van der Waals surface area contributed by atoms with Crippen LogP contribution in [-0.2, 0) is 11.2 Å². The van der Waals surface area contributed by atoms with Gasteiger partial charge in [-0.15, -0.1) is 12.4 Å². The molecule has 6 heteroatoms. The second-order valence-corrected chi connectivity index (χ2v) is 6.91. The monoisotopic (exact) mass is 394 g/mol. The van der Waals surface area contributed by atoms with Crippen molar-refractivity contribution in [1.29, 1.82) is 0 Å².